The third-order valence-electron chi connectivity index (χ3n) is 4.64. The molecular weight excluding hydrogens is 348 g/mol. The van der Waals surface area contributed by atoms with Gasteiger partial charge in [0.25, 0.3) is 5.91 Å². The van der Waals surface area contributed by atoms with E-state index < -0.39 is 10.0 Å². The van der Waals surface area contributed by atoms with Crippen LogP contribution in [0.4, 0.5) is 0 Å². The molecule has 1 amide bonds. The maximum Gasteiger partial charge on any atom is 0.251 e. The predicted molar refractivity (Wildman–Crippen MR) is 102 cm³/mol. The number of carbonyl (C=O) groups excluding carboxylic acids is 1. The van der Waals surface area contributed by atoms with E-state index >= 15 is 0 Å². The van der Waals surface area contributed by atoms with Crippen molar-refractivity contribution in [3.05, 3.63) is 65.7 Å². The molecule has 1 aliphatic rings. The van der Waals surface area contributed by atoms with Crippen molar-refractivity contribution in [2.75, 3.05) is 6.54 Å². The van der Waals surface area contributed by atoms with Crippen LogP contribution in [-0.2, 0) is 15.4 Å². The molecule has 0 heterocycles. The normalized spacial score (nSPS) is 15.7. The molecule has 26 heavy (non-hydrogen) atoms. The summed E-state index contributed by atoms with van der Waals surface area (Å²) in [5.41, 5.74) is 1.75. The van der Waals surface area contributed by atoms with Gasteiger partial charge in [-0.05, 0) is 56.5 Å². The molecule has 1 fully saturated rings. The van der Waals surface area contributed by atoms with E-state index in [1.54, 1.807) is 26.0 Å². The van der Waals surface area contributed by atoms with Gasteiger partial charge in [-0.1, -0.05) is 30.3 Å². The van der Waals surface area contributed by atoms with E-state index in [0.717, 1.165) is 12.8 Å². The number of rotatable bonds is 7. The van der Waals surface area contributed by atoms with Crippen molar-refractivity contribution in [2.24, 2.45) is 0 Å². The molecule has 1 aliphatic carbocycles. The molecule has 2 N–H and O–H groups in total. The Balaban J connectivity index is 1.64. The van der Waals surface area contributed by atoms with E-state index in [2.05, 4.69) is 22.2 Å². The Labute approximate surface area is 154 Å². The third kappa shape index (κ3) is 4.14. The highest BCUT2D eigenvalue weighted by Crippen LogP contribution is 2.47. The summed E-state index contributed by atoms with van der Waals surface area (Å²) in [5, 5.41) is 2.99. The lowest BCUT2D eigenvalue weighted by molar-refractivity contribution is 0.0949. The van der Waals surface area contributed by atoms with Crippen LogP contribution in [0.5, 0.6) is 0 Å². The molecule has 5 nitrogen and oxygen atoms in total. The van der Waals surface area contributed by atoms with Gasteiger partial charge in [-0.15, -0.1) is 0 Å². The van der Waals surface area contributed by atoms with E-state index in [-0.39, 0.29) is 22.3 Å². The van der Waals surface area contributed by atoms with Gasteiger partial charge in [0.2, 0.25) is 10.0 Å². The monoisotopic (exact) mass is 372 g/mol. The highest BCUT2D eigenvalue weighted by atomic mass is 32.2. The summed E-state index contributed by atoms with van der Waals surface area (Å²) in [6.45, 7) is 4.12. The summed E-state index contributed by atoms with van der Waals surface area (Å²) in [7, 11) is -3.55. The Morgan fingerprint density at radius 2 is 1.65 bits per heavy atom. The van der Waals surface area contributed by atoms with Gasteiger partial charge in [0.1, 0.15) is 0 Å². The Morgan fingerprint density at radius 3 is 2.19 bits per heavy atom. The van der Waals surface area contributed by atoms with Crippen LogP contribution in [0.3, 0.4) is 0 Å². The standard InChI is InChI=1S/C20H24N2O3S/c1-15(2)22-26(24,25)18-10-8-16(9-11-18)19(23)21-14-20(12-13-20)17-6-4-3-5-7-17/h3-11,15,22H,12-14H2,1-2H3,(H,21,23). The zero-order chi connectivity index (χ0) is 18.8. The first-order valence-electron chi connectivity index (χ1n) is 8.79. The molecule has 2 aromatic rings. The van der Waals surface area contributed by atoms with E-state index in [1.165, 1.54) is 17.7 Å². The number of amides is 1. The molecule has 1 saturated carbocycles. The molecular formula is C20H24N2O3S. The van der Waals surface area contributed by atoms with Gasteiger partial charge in [0.05, 0.1) is 4.90 Å². The van der Waals surface area contributed by atoms with Crippen molar-refractivity contribution in [2.45, 2.75) is 43.0 Å². The number of benzene rings is 2. The summed E-state index contributed by atoms with van der Waals surface area (Å²) in [5.74, 6) is -0.187. The molecule has 0 radical (unpaired) electrons. The second-order valence-electron chi connectivity index (χ2n) is 7.13. The van der Waals surface area contributed by atoms with E-state index in [1.807, 2.05) is 18.2 Å². The Morgan fingerprint density at radius 1 is 1.04 bits per heavy atom. The number of nitrogens with one attached hydrogen (secondary N) is 2. The molecule has 2 aromatic carbocycles. The smallest absolute Gasteiger partial charge is 0.251 e. The molecule has 6 heteroatoms. The Kier molecular flexibility index (Phi) is 5.16. The van der Waals surface area contributed by atoms with Crippen LogP contribution >= 0.6 is 0 Å². The van der Waals surface area contributed by atoms with Gasteiger partial charge in [-0.25, -0.2) is 13.1 Å². The highest BCUT2D eigenvalue weighted by molar-refractivity contribution is 7.89. The van der Waals surface area contributed by atoms with Crippen LogP contribution in [0.15, 0.2) is 59.5 Å². The molecule has 0 atom stereocenters. The SMILES string of the molecule is CC(C)NS(=O)(=O)c1ccc(C(=O)NCC2(c3ccccc3)CC2)cc1. The highest BCUT2D eigenvalue weighted by Gasteiger charge is 2.44. The number of hydrogen-bond donors (Lipinski definition) is 2. The summed E-state index contributed by atoms with van der Waals surface area (Å²) in [6, 6.07) is 16.0. The van der Waals surface area contributed by atoms with E-state index in [9.17, 15) is 13.2 Å². The van der Waals surface area contributed by atoms with Crippen LogP contribution < -0.4 is 10.0 Å². The minimum Gasteiger partial charge on any atom is -0.351 e. The first-order valence-corrected chi connectivity index (χ1v) is 10.3. The molecule has 0 aromatic heterocycles. The van der Waals surface area contributed by atoms with E-state index in [0.29, 0.717) is 12.1 Å². The minimum atomic E-state index is -3.55. The molecule has 138 valence electrons. The molecule has 0 aliphatic heterocycles. The number of carbonyl (C=O) groups is 1. The van der Waals surface area contributed by atoms with Crippen LogP contribution in [0.25, 0.3) is 0 Å². The molecule has 3 rings (SSSR count). The Bertz CT molecular complexity index is 871. The topological polar surface area (TPSA) is 75.3 Å². The van der Waals surface area contributed by atoms with Gasteiger partial charge in [-0.2, -0.15) is 0 Å². The zero-order valence-electron chi connectivity index (χ0n) is 15.0. The average Bonchev–Trinajstić information content (AvgIpc) is 3.41. The second kappa shape index (κ2) is 7.21. The van der Waals surface area contributed by atoms with Crippen LogP contribution in [0.2, 0.25) is 0 Å². The summed E-state index contributed by atoms with van der Waals surface area (Å²) in [6.07, 6.45) is 2.13. The Hall–Kier alpha value is -2.18. The summed E-state index contributed by atoms with van der Waals surface area (Å²) < 4.78 is 26.8. The lowest BCUT2D eigenvalue weighted by atomic mass is 9.96. The van der Waals surface area contributed by atoms with Crippen LogP contribution in [0, 0.1) is 0 Å². The fourth-order valence-electron chi connectivity index (χ4n) is 3.03. The van der Waals surface area contributed by atoms with E-state index in [4.69, 9.17) is 0 Å². The maximum absolute atomic E-state index is 12.4. The maximum atomic E-state index is 12.4. The fraction of sp³-hybridized carbons (Fsp3) is 0.350. The third-order valence-corrected chi connectivity index (χ3v) is 6.32. The van der Waals surface area contributed by atoms with Crippen molar-refractivity contribution >= 4 is 15.9 Å². The van der Waals surface area contributed by atoms with Gasteiger partial charge in [0, 0.05) is 23.6 Å². The number of hydrogen-bond acceptors (Lipinski definition) is 3. The lowest BCUT2D eigenvalue weighted by Gasteiger charge is -2.16. The molecule has 0 unspecified atom stereocenters. The van der Waals surface area contributed by atoms with Crippen molar-refractivity contribution in [1.29, 1.82) is 0 Å². The van der Waals surface area contributed by atoms with Crippen molar-refractivity contribution < 1.29 is 13.2 Å². The second-order valence-corrected chi connectivity index (χ2v) is 8.84. The largest absolute Gasteiger partial charge is 0.351 e. The van der Waals surface area contributed by atoms with Crippen molar-refractivity contribution in [1.82, 2.24) is 10.0 Å². The quantitative estimate of drug-likeness (QED) is 0.785. The lowest BCUT2D eigenvalue weighted by Crippen LogP contribution is -2.32. The minimum absolute atomic E-state index is 0.0430. The average molecular weight is 372 g/mol. The first-order chi connectivity index (χ1) is 12.3. The van der Waals surface area contributed by atoms with Crippen molar-refractivity contribution in [3.8, 4) is 0 Å². The molecule has 0 saturated heterocycles. The van der Waals surface area contributed by atoms with Gasteiger partial charge in [0.15, 0.2) is 0 Å². The summed E-state index contributed by atoms with van der Waals surface area (Å²) >= 11 is 0. The molecule has 0 spiro atoms. The first kappa shape index (κ1) is 18.6. The van der Waals surface area contributed by atoms with Crippen molar-refractivity contribution in [3.63, 3.8) is 0 Å². The zero-order valence-corrected chi connectivity index (χ0v) is 15.8. The van der Waals surface area contributed by atoms with Gasteiger partial charge in [-0.3, -0.25) is 4.79 Å². The predicted octanol–water partition coefficient (Wildman–Crippen LogP) is 2.83. The number of sulfonamides is 1. The van der Waals surface area contributed by atoms with Crippen LogP contribution in [-0.4, -0.2) is 26.9 Å². The molecule has 0 bridgehead atoms. The van der Waals surface area contributed by atoms with Crippen LogP contribution in [0.1, 0.15) is 42.6 Å². The fourth-order valence-corrected chi connectivity index (χ4v) is 4.28. The van der Waals surface area contributed by atoms with Gasteiger partial charge < -0.3 is 5.32 Å². The summed E-state index contributed by atoms with van der Waals surface area (Å²) in [4.78, 5) is 12.6. The van der Waals surface area contributed by atoms with Gasteiger partial charge >= 0.3 is 0 Å².